The second-order valence-corrected chi connectivity index (χ2v) is 5.55. The van der Waals surface area contributed by atoms with Crippen molar-refractivity contribution in [2.45, 2.75) is 44.9 Å². The van der Waals surface area contributed by atoms with Crippen LogP contribution in [0, 0.1) is 5.92 Å². The van der Waals surface area contributed by atoms with Crippen molar-refractivity contribution in [1.29, 1.82) is 0 Å². The lowest BCUT2D eigenvalue weighted by Gasteiger charge is -2.20. The molecule has 96 valence electrons. The van der Waals surface area contributed by atoms with Crippen molar-refractivity contribution >= 4 is 5.78 Å². The van der Waals surface area contributed by atoms with Crippen molar-refractivity contribution in [1.82, 2.24) is 0 Å². The summed E-state index contributed by atoms with van der Waals surface area (Å²) < 4.78 is 5.47. The molecule has 1 aliphatic heterocycles. The van der Waals surface area contributed by atoms with Crippen LogP contribution in [0.1, 0.15) is 54.4 Å². The number of carbonyl (C=O) groups excluding carboxylic acids is 1. The lowest BCUT2D eigenvalue weighted by molar-refractivity contribution is 0.0950. The molecular weight excluding hydrogens is 224 g/mol. The first-order valence-corrected chi connectivity index (χ1v) is 7.12. The summed E-state index contributed by atoms with van der Waals surface area (Å²) in [7, 11) is 0. The van der Waals surface area contributed by atoms with E-state index in [-0.39, 0.29) is 0 Å². The predicted molar refractivity (Wildman–Crippen MR) is 71.2 cm³/mol. The quantitative estimate of drug-likeness (QED) is 0.756. The van der Waals surface area contributed by atoms with E-state index in [0.717, 1.165) is 30.8 Å². The van der Waals surface area contributed by atoms with E-state index in [0.29, 0.717) is 11.7 Å². The number of ether oxygens (including phenoxy) is 1. The van der Waals surface area contributed by atoms with Gasteiger partial charge in [0, 0.05) is 18.4 Å². The Hall–Kier alpha value is -1.31. The molecule has 0 spiro atoms. The average Bonchev–Trinajstić information content (AvgIpc) is 2.87. The van der Waals surface area contributed by atoms with Crippen molar-refractivity contribution in [3.05, 3.63) is 29.3 Å². The summed E-state index contributed by atoms with van der Waals surface area (Å²) in [6.45, 7) is 0.760. The summed E-state index contributed by atoms with van der Waals surface area (Å²) >= 11 is 0. The Morgan fingerprint density at radius 2 is 2.06 bits per heavy atom. The van der Waals surface area contributed by atoms with E-state index in [1.54, 1.807) is 0 Å². The zero-order valence-corrected chi connectivity index (χ0v) is 10.8. The number of benzene rings is 1. The standard InChI is InChI=1S/C16H20O2/c17-15(10-12-4-2-1-3-5-12)13-6-7-16-14(11-13)8-9-18-16/h6-7,11-12H,1-5,8-10H2. The third-order valence-corrected chi connectivity index (χ3v) is 4.21. The van der Waals surface area contributed by atoms with Crippen LogP contribution in [-0.2, 0) is 6.42 Å². The summed E-state index contributed by atoms with van der Waals surface area (Å²) in [4.78, 5) is 12.3. The molecule has 1 aliphatic carbocycles. The van der Waals surface area contributed by atoms with Crippen LogP contribution in [0.3, 0.4) is 0 Å². The summed E-state index contributed by atoms with van der Waals surface area (Å²) in [5.74, 6) is 1.90. The van der Waals surface area contributed by atoms with E-state index in [9.17, 15) is 4.79 Å². The summed E-state index contributed by atoms with van der Waals surface area (Å²) in [6.07, 6.45) is 8.10. The molecule has 1 saturated carbocycles. The minimum atomic E-state index is 0.316. The molecule has 0 bridgehead atoms. The van der Waals surface area contributed by atoms with E-state index in [2.05, 4.69) is 0 Å². The Labute approximate surface area is 108 Å². The normalized spacial score (nSPS) is 19.3. The van der Waals surface area contributed by atoms with Crippen LogP contribution in [0.2, 0.25) is 0 Å². The lowest BCUT2D eigenvalue weighted by Crippen LogP contribution is -2.12. The van der Waals surface area contributed by atoms with E-state index in [1.165, 1.54) is 37.7 Å². The van der Waals surface area contributed by atoms with Crippen molar-refractivity contribution in [3.63, 3.8) is 0 Å². The molecule has 0 saturated heterocycles. The fraction of sp³-hybridized carbons (Fsp3) is 0.562. The number of fused-ring (bicyclic) bond motifs is 1. The van der Waals surface area contributed by atoms with Crippen molar-refractivity contribution in [3.8, 4) is 5.75 Å². The summed E-state index contributed by atoms with van der Waals surface area (Å²) in [5, 5.41) is 0. The third-order valence-electron chi connectivity index (χ3n) is 4.21. The fourth-order valence-corrected chi connectivity index (χ4v) is 3.13. The molecule has 1 fully saturated rings. The van der Waals surface area contributed by atoms with Crippen molar-refractivity contribution in [2.24, 2.45) is 5.92 Å². The first-order valence-electron chi connectivity index (χ1n) is 7.12. The van der Waals surface area contributed by atoms with Gasteiger partial charge in [0.05, 0.1) is 6.61 Å². The van der Waals surface area contributed by atoms with Gasteiger partial charge in [-0.3, -0.25) is 4.79 Å². The molecule has 1 aromatic carbocycles. The van der Waals surface area contributed by atoms with Crippen LogP contribution in [-0.4, -0.2) is 12.4 Å². The molecule has 2 aliphatic rings. The molecule has 1 aromatic rings. The number of rotatable bonds is 3. The Balaban J connectivity index is 1.68. The molecule has 18 heavy (non-hydrogen) atoms. The zero-order valence-electron chi connectivity index (χ0n) is 10.8. The molecule has 0 amide bonds. The van der Waals surface area contributed by atoms with E-state index in [4.69, 9.17) is 4.74 Å². The van der Waals surface area contributed by atoms with Gasteiger partial charge in [0.25, 0.3) is 0 Å². The molecular formula is C16H20O2. The van der Waals surface area contributed by atoms with Gasteiger partial charge in [-0.2, -0.15) is 0 Å². The highest BCUT2D eigenvalue weighted by Crippen LogP contribution is 2.30. The maximum absolute atomic E-state index is 12.3. The molecule has 0 unspecified atom stereocenters. The maximum Gasteiger partial charge on any atom is 0.163 e. The van der Waals surface area contributed by atoms with Crippen molar-refractivity contribution < 1.29 is 9.53 Å². The SMILES string of the molecule is O=C(CC1CCCCC1)c1ccc2c(c1)CCO2. The monoisotopic (exact) mass is 244 g/mol. The van der Waals surface area contributed by atoms with Gasteiger partial charge < -0.3 is 4.74 Å². The second-order valence-electron chi connectivity index (χ2n) is 5.55. The minimum Gasteiger partial charge on any atom is -0.493 e. The fourth-order valence-electron chi connectivity index (χ4n) is 3.13. The number of Topliss-reactive ketones (excluding diaryl/α,β-unsaturated/α-hetero) is 1. The first-order chi connectivity index (χ1) is 8.83. The van der Waals surface area contributed by atoms with Gasteiger partial charge in [0.1, 0.15) is 5.75 Å². The van der Waals surface area contributed by atoms with Crippen LogP contribution in [0.15, 0.2) is 18.2 Å². The number of carbonyl (C=O) groups is 1. The Bertz CT molecular complexity index is 444. The number of hydrogen-bond donors (Lipinski definition) is 0. The smallest absolute Gasteiger partial charge is 0.163 e. The lowest BCUT2D eigenvalue weighted by atomic mass is 9.84. The summed E-state index contributed by atoms with van der Waals surface area (Å²) in [5.41, 5.74) is 2.08. The highest BCUT2D eigenvalue weighted by molar-refractivity contribution is 5.96. The molecule has 0 N–H and O–H groups in total. The van der Waals surface area contributed by atoms with Crippen molar-refractivity contribution in [2.75, 3.05) is 6.61 Å². The molecule has 2 nitrogen and oxygen atoms in total. The summed E-state index contributed by atoms with van der Waals surface area (Å²) in [6, 6.07) is 5.92. The molecule has 3 rings (SSSR count). The number of ketones is 1. The Morgan fingerprint density at radius 1 is 1.22 bits per heavy atom. The van der Waals surface area contributed by atoms with Gasteiger partial charge >= 0.3 is 0 Å². The van der Waals surface area contributed by atoms with Gasteiger partial charge in [0.15, 0.2) is 5.78 Å². The second kappa shape index (κ2) is 5.13. The van der Waals surface area contributed by atoms with Crippen LogP contribution >= 0.6 is 0 Å². The topological polar surface area (TPSA) is 26.3 Å². The molecule has 0 radical (unpaired) electrons. The van der Waals surface area contributed by atoms with E-state index < -0.39 is 0 Å². The molecule has 0 aromatic heterocycles. The van der Waals surface area contributed by atoms with Gasteiger partial charge in [-0.1, -0.05) is 32.1 Å². The first kappa shape index (κ1) is 11.8. The van der Waals surface area contributed by atoms with Crippen LogP contribution in [0.25, 0.3) is 0 Å². The third kappa shape index (κ3) is 2.43. The molecule has 2 heteroatoms. The molecule has 1 heterocycles. The predicted octanol–water partition coefficient (Wildman–Crippen LogP) is 3.77. The van der Waals surface area contributed by atoms with Gasteiger partial charge in [-0.25, -0.2) is 0 Å². The highest BCUT2D eigenvalue weighted by Gasteiger charge is 2.19. The average molecular weight is 244 g/mol. The maximum atomic E-state index is 12.3. The van der Waals surface area contributed by atoms with Crippen LogP contribution < -0.4 is 4.74 Å². The van der Waals surface area contributed by atoms with Crippen LogP contribution in [0.4, 0.5) is 0 Å². The van der Waals surface area contributed by atoms with E-state index >= 15 is 0 Å². The Morgan fingerprint density at radius 3 is 2.89 bits per heavy atom. The van der Waals surface area contributed by atoms with Crippen LogP contribution in [0.5, 0.6) is 5.75 Å². The highest BCUT2D eigenvalue weighted by atomic mass is 16.5. The van der Waals surface area contributed by atoms with Gasteiger partial charge in [0.2, 0.25) is 0 Å². The minimum absolute atomic E-state index is 0.316. The van der Waals surface area contributed by atoms with E-state index in [1.807, 2.05) is 18.2 Å². The van der Waals surface area contributed by atoms with Gasteiger partial charge in [-0.05, 0) is 29.7 Å². The van der Waals surface area contributed by atoms with Gasteiger partial charge in [-0.15, -0.1) is 0 Å². The zero-order chi connectivity index (χ0) is 12.4. The molecule has 0 atom stereocenters. The number of hydrogen-bond acceptors (Lipinski definition) is 2. The largest absolute Gasteiger partial charge is 0.493 e. The Kier molecular flexibility index (Phi) is 3.35.